The van der Waals surface area contributed by atoms with Crippen molar-refractivity contribution in [2.75, 3.05) is 6.61 Å². The van der Waals surface area contributed by atoms with Crippen LogP contribution in [0.1, 0.15) is 30.9 Å². The zero-order valence-electron chi connectivity index (χ0n) is 13.5. The van der Waals surface area contributed by atoms with E-state index >= 15 is 0 Å². The van der Waals surface area contributed by atoms with Crippen LogP contribution >= 0.6 is 0 Å². The number of hydrogen-bond acceptors (Lipinski definition) is 3. The highest BCUT2D eigenvalue weighted by Gasteiger charge is 2.49. The van der Waals surface area contributed by atoms with Crippen LogP contribution in [0, 0.1) is 11.8 Å². The summed E-state index contributed by atoms with van der Waals surface area (Å²) in [5.74, 6) is -0.973. The van der Waals surface area contributed by atoms with Crippen LogP contribution in [0.15, 0.2) is 60.7 Å². The molecule has 0 amide bonds. The van der Waals surface area contributed by atoms with Gasteiger partial charge in [0.25, 0.3) is 0 Å². The van der Waals surface area contributed by atoms with Crippen LogP contribution < -0.4 is 0 Å². The second-order valence-corrected chi connectivity index (χ2v) is 6.72. The third-order valence-corrected chi connectivity index (χ3v) is 4.69. The molecule has 120 valence electrons. The van der Waals surface area contributed by atoms with Crippen molar-refractivity contribution in [1.82, 2.24) is 0 Å². The average molecular weight is 310 g/mol. The van der Waals surface area contributed by atoms with Gasteiger partial charge in [0, 0.05) is 11.8 Å². The molecule has 0 bridgehead atoms. The molecular formula is C20H22O3. The Bertz CT molecular complexity index is 619. The summed E-state index contributed by atoms with van der Waals surface area (Å²) in [5, 5.41) is 10.5. The van der Waals surface area contributed by atoms with Gasteiger partial charge in [-0.2, -0.15) is 0 Å². The van der Waals surface area contributed by atoms with E-state index in [-0.39, 0.29) is 30.3 Å². The van der Waals surface area contributed by atoms with Crippen LogP contribution in [0.2, 0.25) is 0 Å². The predicted molar refractivity (Wildman–Crippen MR) is 89.0 cm³/mol. The third kappa shape index (κ3) is 3.15. The molecule has 1 N–H and O–H groups in total. The summed E-state index contributed by atoms with van der Waals surface area (Å²) in [6.45, 7) is 3.77. The number of benzene rings is 2. The number of carbonyl (C=O) groups excluding carboxylic acids is 1. The van der Waals surface area contributed by atoms with Crippen molar-refractivity contribution in [2.24, 2.45) is 11.8 Å². The quantitative estimate of drug-likeness (QED) is 0.881. The summed E-state index contributed by atoms with van der Waals surface area (Å²) in [5.41, 5.74) is 1.16. The maximum absolute atomic E-state index is 12.5. The minimum atomic E-state index is -0.974. The first-order chi connectivity index (χ1) is 11.0. The molecule has 2 aromatic rings. The highest BCUT2D eigenvalue weighted by atomic mass is 16.5. The highest BCUT2D eigenvalue weighted by molar-refractivity contribution is 5.77. The third-order valence-electron chi connectivity index (χ3n) is 4.69. The van der Waals surface area contributed by atoms with E-state index in [4.69, 9.17) is 4.74 Å². The summed E-state index contributed by atoms with van der Waals surface area (Å²) in [6, 6.07) is 20.0. The van der Waals surface area contributed by atoms with E-state index in [1.165, 1.54) is 0 Å². The second-order valence-electron chi connectivity index (χ2n) is 6.72. The molecule has 0 radical (unpaired) electrons. The number of esters is 1. The van der Waals surface area contributed by atoms with Crippen LogP contribution in [-0.4, -0.2) is 23.3 Å². The molecule has 3 nitrogen and oxygen atoms in total. The molecule has 23 heavy (non-hydrogen) atoms. The molecular weight excluding hydrogens is 288 g/mol. The number of ether oxygens (including phenoxy) is 1. The summed E-state index contributed by atoms with van der Waals surface area (Å²) in [7, 11) is 0. The van der Waals surface area contributed by atoms with Crippen molar-refractivity contribution >= 4 is 5.97 Å². The molecule has 2 atom stereocenters. The maximum Gasteiger partial charge on any atom is 0.310 e. The lowest BCUT2D eigenvalue weighted by atomic mass is 9.71. The first-order valence-electron chi connectivity index (χ1n) is 7.97. The Morgan fingerprint density at radius 2 is 1.48 bits per heavy atom. The lowest BCUT2D eigenvalue weighted by Crippen LogP contribution is -2.39. The molecule has 0 aliphatic carbocycles. The SMILES string of the molecule is CC(C)(O)[C@@H]1COC(=O)[C@H]1C(c1ccccc1)c1ccccc1. The minimum absolute atomic E-state index is 0.121. The van der Waals surface area contributed by atoms with E-state index in [1.807, 2.05) is 60.7 Å². The van der Waals surface area contributed by atoms with Gasteiger partial charge < -0.3 is 9.84 Å². The van der Waals surface area contributed by atoms with Gasteiger partial charge in [-0.15, -0.1) is 0 Å². The number of carbonyl (C=O) groups is 1. The first kappa shape index (κ1) is 15.8. The Hall–Kier alpha value is -2.13. The van der Waals surface area contributed by atoms with Crippen LogP contribution in [-0.2, 0) is 9.53 Å². The molecule has 0 unspecified atom stereocenters. The van der Waals surface area contributed by atoms with Gasteiger partial charge in [0.2, 0.25) is 0 Å². The highest BCUT2D eigenvalue weighted by Crippen LogP contribution is 2.43. The first-order valence-corrected chi connectivity index (χ1v) is 7.97. The minimum Gasteiger partial charge on any atom is -0.465 e. The Morgan fingerprint density at radius 1 is 1.00 bits per heavy atom. The lowest BCUT2D eigenvalue weighted by Gasteiger charge is -2.32. The fraction of sp³-hybridized carbons (Fsp3) is 0.350. The van der Waals surface area contributed by atoms with Crippen LogP contribution in [0.3, 0.4) is 0 Å². The molecule has 3 rings (SSSR count). The van der Waals surface area contributed by atoms with Gasteiger partial charge in [0.1, 0.15) is 0 Å². The molecule has 3 heteroatoms. The van der Waals surface area contributed by atoms with Crippen LogP contribution in [0.5, 0.6) is 0 Å². The molecule has 1 aliphatic heterocycles. The lowest BCUT2D eigenvalue weighted by molar-refractivity contribution is -0.141. The number of aliphatic hydroxyl groups is 1. The molecule has 1 heterocycles. The fourth-order valence-corrected chi connectivity index (χ4v) is 3.48. The van der Waals surface area contributed by atoms with Crippen molar-refractivity contribution < 1.29 is 14.6 Å². The topological polar surface area (TPSA) is 46.5 Å². The molecule has 2 aromatic carbocycles. The molecule has 1 fully saturated rings. The normalized spacial score (nSPS) is 21.5. The van der Waals surface area contributed by atoms with E-state index in [0.717, 1.165) is 11.1 Å². The number of hydrogen-bond donors (Lipinski definition) is 1. The standard InChI is InChI=1S/C20H22O3/c1-20(2,22)16-13-23-19(21)18(16)17(14-9-5-3-6-10-14)15-11-7-4-8-12-15/h3-12,16-18,22H,13H2,1-2H3/t16-,18-/m1/s1. The number of cyclic esters (lactones) is 1. The van der Waals surface area contributed by atoms with Gasteiger partial charge in [-0.3, -0.25) is 4.79 Å². The van der Waals surface area contributed by atoms with Gasteiger partial charge in [-0.25, -0.2) is 0 Å². The van der Waals surface area contributed by atoms with E-state index < -0.39 is 5.60 Å². The summed E-state index contributed by atoms with van der Waals surface area (Å²) in [6.07, 6.45) is 0. The Morgan fingerprint density at radius 3 is 1.91 bits per heavy atom. The summed E-state index contributed by atoms with van der Waals surface area (Å²) >= 11 is 0. The Labute approximate surface area is 136 Å². The average Bonchev–Trinajstić information content (AvgIpc) is 2.92. The van der Waals surface area contributed by atoms with Crippen LogP contribution in [0.4, 0.5) is 0 Å². The molecule has 0 saturated carbocycles. The van der Waals surface area contributed by atoms with Crippen molar-refractivity contribution in [2.45, 2.75) is 25.4 Å². The van der Waals surface area contributed by atoms with Crippen molar-refractivity contribution in [3.8, 4) is 0 Å². The summed E-state index contributed by atoms with van der Waals surface area (Å²) in [4.78, 5) is 12.5. The van der Waals surface area contributed by atoms with Gasteiger partial charge in [-0.1, -0.05) is 60.7 Å². The summed E-state index contributed by atoms with van der Waals surface area (Å²) < 4.78 is 5.33. The molecule has 0 aromatic heterocycles. The van der Waals surface area contributed by atoms with Gasteiger partial charge in [0.05, 0.1) is 18.1 Å². The number of rotatable bonds is 4. The smallest absolute Gasteiger partial charge is 0.310 e. The van der Waals surface area contributed by atoms with E-state index in [0.29, 0.717) is 0 Å². The zero-order chi connectivity index (χ0) is 16.4. The largest absolute Gasteiger partial charge is 0.465 e. The van der Waals surface area contributed by atoms with Crippen molar-refractivity contribution in [1.29, 1.82) is 0 Å². The molecule has 1 saturated heterocycles. The Kier molecular flexibility index (Phi) is 4.22. The fourth-order valence-electron chi connectivity index (χ4n) is 3.48. The zero-order valence-corrected chi connectivity index (χ0v) is 13.5. The van der Waals surface area contributed by atoms with Gasteiger partial charge in [-0.05, 0) is 25.0 Å². The molecule has 1 aliphatic rings. The van der Waals surface area contributed by atoms with E-state index in [1.54, 1.807) is 13.8 Å². The maximum atomic E-state index is 12.5. The van der Waals surface area contributed by atoms with Gasteiger partial charge in [0.15, 0.2) is 0 Å². The van der Waals surface area contributed by atoms with E-state index in [2.05, 4.69) is 0 Å². The van der Waals surface area contributed by atoms with Crippen molar-refractivity contribution in [3.05, 3.63) is 71.8 Å². The Balaban J connectivity index is 2.10. The second kappa shape index (κ2) is 6.17. The van der Waals surface area contributed by atoms with Gasteiger partial charge >= 0.3 is 5.97 Å². The monoisotopic (exact) mass is 310 g/mol. The van der Waals surface area contributed by atoms with Crippen LogP contribution in [0.25, 0.3) is 0 Å². The molecule has 0 spiro atoms. The van der Waals surface area contributed by atoms with E-state index in [9.17, 15) is 9.90 Å². The van der Waals surface area contributed by atoms with Crippen molar-refractivity contribution in [3.63, 3.8) is 0 Å². The predicted octanol–water partition coefficient (Wildman–Crippen LogP) is 3.38.